The second kappa shape index (κ2) is 18.2. The van der Waals surface area contributed by atoms with Crippen molar-refractivity contribution in [3.63, 3.8) is 0 Å². The van der Waals surface area contributed by atoms with E-state index < -0.39 is 42.5 Å². The first-order valence-corrected chi connectivity index (χ1v) is 20.0. The second-order valence-corrected chi connectivity index (χ2v) is 14.8. The van der Waals surface area contributed by atoms with E-state index in [2.05, 4.69) is 10.3 Å². The number of aromatic nitrogens is 3. The fraction of sp³-hybridized carbons (Fsp3) is 0.204. The highest BCUT2D eigenvalue weighted by Gasteiger charge is 2.49. The van der Waals surface area contributed by atoms with E-state index in [9.17, 15) is 9.59 Å². The Kier molecular flexibility index (Phi) is 11.8. The van der Waals surface area contributed by atoms with Gasteiger partial charge in [0.1, 0.15) is 24.4 Å². The van der Waals surface area contributed by atoms with Gasteiger partial charge in [-0.3, -0.25) is 14.9 Å². The zero-order valence-electron chi connectivity index (χ0n) is 32.8. The molecule has 0 aliphatic carbocycles. The van der Waals surface area contributed by atoms with E-state index in [1.54, 1.807) is 23.3 Å². The third-order valence-corrected chi connectivity index (χ3v) is 10.8. The van der Waals surface area contributed by atoms with Crippen molar-refractivity contribution in [2.45, 2.75) is 57.1 Å². The Balaban J connectivity index is 1.11. The molecule has 4 heterocycles. The number of aromatic amines is 1. The van der Waals surface area contributed by atoms with E-state index in [0.29, 0.717) is 24.5 Å². The highest BCUT2D eigenvalue weighted by molar-refractivity contribution is 6.49. The average molecular weight is 801 g/mol. The lowest BCUT2D eigenvalue weighted by Gasteiger charge is -2.46. The van der Waals surface area contributed by atoms with Crippen LogP contribution in [0.5, 0.6) is 0 Å². The number of rotatable bonds is 16. The predicted molar refractivity (Wildman–Crippen MR) is 226 cm³/mol. The maximum Gasteiger partial charge on any atom is 0.261 e. The minimum absolute atomic E-state index is 0.171. The average Bonchev–Trinajstić information content (AvgIpc) is 4.02. The van der Waals surface area contributed by atoms with Crippen LogP contribution < -0.4 is 5.32 Å². The van der Waals surface area contributed by atoms with Crippen LogP contribution in [0.2, 0.25) is 0 Å². The fourth-order valence-electron chi connectivity index (χ4n) is 7.84. The summed E-state index contributed by atoms with van der Waals surface area (Å²) >= 11 is 0. The molecule has 0 spiro atoms. The molecule has 0 saturated carbocycles. The minimum Gasteiger partial charge on any atom is -0.374 e. The molecule has 5 atom stereocenters. The number of imide groups is 1. The topological polar surface area (TPSA) is 126 Å². The lowest BCUT2D eigenvalue weighted by molar-refractivity contribution is -0.290. The van der Waals surface area contributed by atoms with Crippen molar-refractivity contribution >= 4 is 33.9 Å². The number of hydrogen-bond donors (Lipinski definition) is 2. The molecule has 11 heteroatoms. The van der Waals surface area contributed by atoms with Gasteiger partial charge < -0.3 is 33.2 Å². The Morgan fingerprint density at radius 1 is 0.583 bits per heavy atom. The molecule has 5 aromatic carbocycles. The Morgan fingerprint density at radius 3 is 1.72 bits per heavy atom. The highest BCUT2D eigenvalue weighted by Crippen LogP contribution is 2.38. The van der Waals surface area contributed by atoms with Crippen LogP contribution in [0.15, 0.2) is 164 Å². The molecule has 7 aromatic rings. The highest BCUT2D eigenvalue weighted by atomic mass is 16.6. The Morgan fingerprint density at radius 2 is 1.10 bits per heavy atom. The van der Waals surface area contributed by atoms with Crippen molar-refractivity contribution < 1.29 is 33.3 Å². The number of carbonyl (C=O) groups excluding carboxylic acids is 2. The standard InChI is InChI=1S/C49H44N4O7/c54-47-42(38-25-50-39-24-14-13-23-37(38)39)43(48(55)52-47)40-26-53(32-51-40)49-46(59-30-36-21-11-4-12-22-36)45(58-29-35-19-9-3-10-20-35)44(57-28-34-17-7-2-8-18-34)41(60-49)31-56-27-33-15-5-1-6-16-33/h1-26,32,41,44-46,49-50H,27-31H2,(H,52,54,55). The summed E-state index contributed by atoms with van der Waals surface area (Å²) in [4.78, 5) is 35.0. The van der Waals surface area contributed by atoms with E-state index in [-0.39, 0.29) is 31.0 Å². The number of amides is 2. The molecule has 2 aliphatic rings. The number of imidazole rings is 1. The molecule has 2 aromatic heterocycles. The Labute approximate surface area is 347 Å². The van der Waals surface area contributed by atoms with Gasteiger partial charge in [0.05, 0.1) is 56.2 Å². The summed E-state index contributed by atoms with van der Waals surface area (Å²) < 4.78 is 35.8. The lowest BCUT2D eigenvalue weighted by Crippen LogP contribution is -2.59. The summed E-state index contributed by atoms with van der Waals surface area (Å²) in [5, 5.41) is 3.31. The number of ether oxygens (including phenoxy) is 5. The monoisotopic (exact) mass is 800 g/mol. The van der Waals surface area contributed by atoms with Crippen molar-refractivity contribution in [3.8, 4) is 0 Å². The molecule has 60 heavy (non-hydrogen) atoms. The van der Waals surface area contributed by atoms with Gasteiger partial charge in [0.15, 0.2) is 6.23 Å². The summed E-state index contributed by atoms with van der Waals surface area (Å²) in [6.07, 6.45) is 1.56. The van der Waals surface area contributed by atoms with Gasteiger partial charge in [-0.1, -0.05) is 140 Å². The first-order chi connectivity index (χ1) is 29.6. The van der Waals surface area contributed by atoms with Gasteiger partial charge in [-0.15, -0.1) is 0 Å². The van der Waals surface area contributed by atoms with Crippen molar-refractivity contribution in [3.05, 3.63) is 198 Å². The quantitative estimate of drug-likeness (QED) is 0.0950. The van der Waals surface area contributed by atoms with E-state index >= 15 is 0 Å². The van der Waals surface area contributed by atoms with Gasteiger partial charge in [0.25, 0.3) is 11.8 Å². The van der Waals surface area contributed by atoms with Gasteiger partial charge in [-0.2, -0.15) is 0 Å². The Bertz CT molecular complexity index is 2560. The van der Waals surface area contributed by atoms with Crippen molar-refractivity contribution in [2.24, 2.45) is 0 Å². The van der Waals surface area contributed by atoms with Crippen LogP contribution in [0.1, 0.15) is 39.7 Å². The number of H-pyrrole nitrogens is 1. The fourth-order valence-corrected chi connectivity index (χ4v) is 7.84. The van der Waals surface area contributed by atoms with E-state index in [1.807, 2.05) is 146 Å². The predicted octanol–water partition coefficient (Wildman–Crippen LogP) is 7.80. The molecule has 1 saturated heterocycles. The van der Waals surface area contributed by atoms with Gasteiger partial charge in [-0.05, 0) is 28.3 Å². The molecule has 1 fully saturated rings. The van der Waals surface area contributed by atoms with E-state index in [1.165, 1.54) is 0 Å². The van der Waals surface area contributed by atoms with Gasteiger partial charge in [0, 0.05) is 28.9 Å². The molecule has 2 amide bonds. The van der Waals surface area contributed by atoms with Gasteiger partial charge >= 0.3 is 0 Å². The maximum atomic E-state index is 13.6. The summed E-state index contributed by atoms with van der Waals surface area (Å²) in [5.41, 5.74) is 6.15. The first kappa shape index (κ1) is 39.0. The maximum absolute atomic E-state index is 13.6. The zero-order valence-corrected chi connectivity index (χ0v) is 32.8. The Hall–Kier alpha value is -6.47. The lowest BCUT2D eigenvalue weighted by atomic mass is 9.96. The largest absolute Gasteiger partial charge is 0.374 e. The van der Waals surface area contributed by atoms with Crippen LogP contribution in [0.4, 0.5) is 0 Å². The van der Waals surface area contributed by atoms with Crippen molar-refractivity contribution in [1.29, 1.82) is 0 Å². The third-order valence-electron chi connectivity index (χ3n) is 10.8. The first-order valence-electron chi connectivity index (χ1n) is 20.0. The molecule has 9 rings (SSSR count). The van der Waals surface area contributed by atoms with Crippen LogP contribution >= 0.6 is 0 Å². The molecular weight excluding hydrogens is 757 g/mol. The minimum atomic E-state index is -0.824. The van der Waals surface area contributed by atoms with Crippen LogP contribution in [0, 0.1) is 0 Å². The van der Waals surface area contributed by atoms with Gasteiger partial charge in [0.2, 0.25) is 0 Å². The number of nitrogens with zero attached hydrogens (tertiary/aromatic N) is 2. The van der Waals surface area contributed by atoms with E-state index in [0.717, 1.165) is 33.2 Å². The summed E-state index contributed by atoms with van der Waals surface area (Å²) in [6, 6.07) is 47.5. The zero-order chi connectivity index (χ0) is 40.7. The molecule has 11 nitrogen and oxygen atoms in total. The van der Waals surface area contributed by atoms with E-state index in [4.69, 9.17) is 28.7 Å². The smallest absolute Gasteiger partial charge is 0.261 e. The number of hydrogen-bond acceptors (Lipinski definition) is 8. The summed E-state index contributed by atoms with van der Waals surface area (Å²) in [7, 11) is 0. The number of para-hydroxylation sites is 1. The number of benzene rings is 5. The molecule has 2 N–H and O–H groups in total. The number of carbonyl (C=O) groups is 2. The van der Waals surface area contributed by atoms with Crippen LogP contribution in [0.25, 0.3) is 22.0 Å². The number of fused-ring (bicyclic) bond motifs is 1. The molecule has 5 unspecified atom stereocenters. The summed E-state index contributed by atoms with van der Waals surface area (Å²) in [6.45, 7) is 1.38. The molecule has 302 valence electrons. The summed E-state index contributed by atoms with van der Waals surface area (Å²) in [5.74, 6) is -1.02. The normalized spacial score (nSPS) is 20.5. The van der Waals surface area contributed by atoms with Crippen LogP contribution in [0.3, 0.4) is 0 Å². The molecular formula is C49H44N4O7. The molecule has 2 aliphatic heterocycles. The van der Waals surface area contributed by atoms with Crippen molar-refractivity contribution in [2.75, 3.05) is 6.61 Å². The molecule has 0 bridgehead atoms. The second-order valence-electron chi connectivity index (χ2n) is 14.8. The molecule has 0 radical (unpaired) electrons. The number of nitrogens with one attached hydrogen (secondary N) is 2. The SMILES string of the molecule is O=C1NC(=O)C(c2c[nH]c3ccccc23)=C1c1cn(C2OC(COCc3ccccc3)C(OCc3ccccc3)C(OCc3ccccc3)C2OCc2ccccc2)cn1. The van der Waals surface area contributed by atoms with Crippen LogP contribution in [-0.2, 0) is 59.7 Å². The third kappa shape index (κ3) is 8.62. The van der Waals surface area contributed by atoms with Crippen molar-refractivity contribution in [1.82, 2.24) is 19.9 Å². The van der Waals surface area contributed by atoms with Crippen LogP contribution in [-0.4, -0.2) is 57.4 Å². The van der Waals surface area contributed by atoms with Gasteiger partial charge in [-0.25, -0.2) is 4.98 Å².